The molecule has 0 aliphatic heterocycles. The van der Waals surface area contributed by atoms with Gasteiger partial charge >= 0.3 is 0 Å². The van der Waals surface area contributed by atoms with Gasteiger partial charge in [0.25, 0.3) is 5.91 Å². The summed E-state index contributed by atoms with van der Waals surface area (Å²) < 4.78 is 5.56. The van der Waals surface area contributed by atoms with E-state index in [1.54, 1.807) is 31.2 Å². The fourth-order valence-corrected chi connectivity index (χ4v) is 2.33. The molecule has 20 heavy (non-hydrogen) atoms. The summed E-state index contributed by atoms with van der Waals surface area (Å²) in [6, 6.07) is 6.87. The molecule has 1 aromatic rings. The maximum atomic E-state index is 12.1. The van der Waals surface area contributed by atoms with Crippen LogP contribution in [0.25, 0.3) is 0 Å². The number of hydrogen-bond acceptors (Lipinski definition) is 3. The Bertz CT molecular complexity index is 486. The van der Waals surface area contributed by atoms with Crippen molar-refractivity contribution in [1.29, 1.82) is 0 Å². The number of halogens is 1. The van der Waals surface area contributed by atoms with E-state index in [9.17, 15) is 9.90 Å². The van der Waals surface area contributed by atoms with E-state index in [1.165, 1.54) is 0 Å². The van der Waals surface area contributed by atoms with E-state index in [1.807, 2.05) is 13.8 Å². The molecule has 0 heterocycles. The number of benzene rings is 1. The zero-order valence-electron chi connectivity index (χ0n) is 11.9. The summed E-state index contributed by atoms with van der Waals surface area (Å²) in [5, 5.41) is 13.2. The number of aliphatic hydroxyl groups is 1. The van der Waals surface area contributed by atoms with Gasteiger partial charge in [0.15, 0.2) is 6.10 Å². The topological polar surface area (TPSA) is 58.6 Å². The Morgan fingerprint density at radius 1 is 1.45 bits per heavy atom. The lowest BCUT2D eigenvalue weighted by atomic mass is 9.64. The standard InChI is InChI=1S/C15H20ClNO3/c1-9(20-11-6-4-10(16)5-7-11)14(19)17-12-8-13(18)15(12,2)3/h4-7,9,12-13,18H,8H2,1-3H3,(H,17,19). The lowest BCUT2D eigenvalue weighted by Gasteiger charge is -2.49. The normalized spacial score (nSPS) is 25.4. The quantitative estimate of drug-likeness (QED) is 0.897. The van der Waals surface area contributed by atoms with E-state index in [2.05, 4.69) is 5.32 Å². The largest absolute Gasteiger partial charge is 0.481 e. The van der Waals surface area contributed by atoms with Crippen LogP contribution >= 0.6 is 11.6 Å². The molecule has 3 unspecified atom stereocenters. The van der Waals surface area contributed by atoms with Gasteiger partial charge in [-0.15, -0.1) is 0 Å². The highest BCUT2D eigenvalue weighted by Crippen LogP contribution is 2.40. The predicted octanol–water partition coefficient (Wildman–Crippen LogP) is 2.38. The number of amides is 1. The highest BCUT2D eigenvalue weighted by Gasteiger charge is 2.48. The fraction of sp³-hybridized carbons (Fsp3) is 0.533. The van der Waals surface area contributed by atoms with Crippen molar-refractivity contribution in [3.05, 3.63) is 29.3 Å². The molecular formula is C15H20ClNO3. The summed E-state index contributed by atoms with van der Waals surface area (Å²) in [7, 11) is 0. The Labute approximate surface area is 124 Å². The smallest absolute Gasteiger partial charge is 0.261 e. The van der Waals surface area contributed by atoms with Crippen LogP contribution in [0, 0.1) is 5.41 Å². The van der Waals surface area contributed by atoms with Crippen LogP contribution in [0.5, 0.6) is 5.75 Å². The molecule has 0 bridgehead atoms. The van der Waals surface area contributed by atoms with Gasteiger partial charge in [-0.1, -0.05) is 25.4 Å². The number of ether oxygens (including phenoxy) is 1. The van der Waals surface area contributed by atoms with Crippen LogP contribution in [0.2, 0.25) is 5.02 Å². The zero-order chi connectivity index (χ0) is 14.9. The minimum atomic E-state index is -0.593. The van der Waals surface area contributed by atoms with E-state index >= 15 is 0 Å². The van der Waals surface area contributed by atoms with Crippen LogP contribution < -0.4 is 10.1 Å². The molecule has 1 fully saturated rings. The third kappa shape index (κ3) is 3.07. The van der Waals surface area contributed by atoms with Gasteiger partial charge in [-0.05, 0) is 37.6 Å². The lowest BCUT2D eigenvalue weighted by Crippen LogP contribution is -2.62. The van der Waals surface area contributed by atoms with Gasteiger partial charge in [0.2, 0.25) is 0 Å². The second kappa shape index (κ2) is 5.62. The second-order valence-corrected chi connectivity index (χ2v) is 6.28. The van der Waals surface area contributed by atoms with E-state index in [0.717, 1.165) is 0 Å². The summed E-state index contributed by atoms with van der Waals surface area (Å²) in [5.41, 5.74) is -0.282. The number of rotatable bonds is 4. The maximum Gasteiger partial charge on any atom is 0.261 e. The number of carbonyl (C=O) groups is 1. The van der Waals surface area contributed by atoms with Crippen LogP contribution in [-0.4, -0.2) is 29.3 Å². The minimum absolute atomic E-state index is 0.0127. The van der Waals surface area contributed by atoms with Crippen molar-refractivity contribution >= 4 is 17.5 Å². The molecule has 1 aliphatic rings. The Balaban J connectivity index is 1.88. The molecule has 0 saturated heterocycles. The molecule has 1 amide bonds. The van der Waals surface area contributed by atoms with Gasteiger partial charge < -0.3 is 15.2 Å². The summed E-state index contributed by atoms with van der Waals surface area (Å²) in [6.45, 7) is 5.58. The van der Waals surface area contributed by atoms with Crippen molar-refractivity contribution in [3.8, 4) is 5.75 Å². The third-order valence-electron chi connectivity index (χ3n) is 4.03. The number of hydrogen-bond donors (Lipinski definition) is 2. The molecule has 0 spiro atoms. The van der Waals surface area contributed by atoms with Crippen LogP contribution in [-0.2, 0) is 4.79 Å². The van der Waals surface area contributed by atoms with Crippen molar-refractivity contribution in [2.45, 2.75) is 45.4 Å². The van der Waals surface area contributed by atoms with Crippen molar-refractivity contribution in [2.75, 3.05) is 0 Å². The van der Waals surface area contributed by atoms with E-state index in [4.69, 9.17) is 16.3 Å². The second-order valence-electron chi connectivity index (χ2n) is 5.85. The molecule has 5 heteroatoms. The first-order valence-corrected chi connectivity index (χ1v) is 7.09. The number of aliphatic hydroxyl groups excluding tert-OH is 1. The number of nitrogens with one attached hydrogen (secondary N) is 1. The van der Waals surface area contributed by atoms with Crippen molar-refractivity contribution in [3.63, 3.8) is 0 Å². The van der Waals surface area contributed by atoms with E-state index < -0.39 is 6.10 Å². The molecule has 0 radical (unpaired) electrons. The first-order valence-electron chi connectivity index (χ1n) is 6.71. The van der Waals surface area contributed by atoms with Gasteiger partial charge in [0.05, 0.1) is 6.10 Å². The van der Waals surface area contributed by atoms with Crippen molar-refractivity contribution in [2.24, 2.45) is 5.41 Å². The first-order chi connectivity index (χ1) is 9.30. The SMILES string of the molecule is CC(Oc1ccc(Cl)cc1)C(=O)NC1CC(O)C1(C)C. The molecule has 1 saturated carbocycles. The number of carbonyl (C=O) groups excluding carboxylic acids is 1. The molecule has 4 nitrogen and oxygen atoms in total. The summed E-state index contributed by atoms with van der Waals surface area (Å²) in [6.07, 6.45) is -0.364. The van der Waals surface area contributed by atoms with E-state index in [-0.39, 0.29) is 23.5 Å². The highest BCUT2D eigenvalue weighted by molar-refractivity contribution is 6.30. The average molecular weight is 298 g/mol. The van der Waals surface area contributed by atoms with Crippen LogP contribution in [0.15, 0.2) is 24.3 Å². The van der Waals surface area contributed by atoms with E-state index in [0.29, 0.717) is 17.2 Å². The first kappa shape index (κ1) is 15.1. The van der Waals surface area contributed by atoms with Gasteiger partial charge in [-0.25, -0.2) is 0 Å². The third-order valence-corrected chi connectivity index (χ3v) is 4.28. The molecule has 1 aromatic carbocycles. The van der Waals surface area contributed by atoms with Gasteiger partial charge in [0.1, 0.15) is 5.75 Å². The summed E-state index contributed by atoms with van der Waals surface area (Å²) in [4.78, 5) is 12.1. The van der Waals surface area contributed by atoms with Crippen molar-refractivity contribution < 1.29 is 14.6 Å². The van der Waals surface area contributed by atoms with Crippen molar-refractivity contribution in [1.82, 2.24) is 5.32 Å². The van der Waals surface area contributed by atoms with Gasteiger partial charge in [-0.2, -0.15) is 0 Å². The van der Waals surface area contributed by atoms with Gasteiger partial charge in [0, 0.05) is 16.5 Å². The molecule has 2 rings (SSSR count). The van der Waals surface area contributed by atoms with Gasteiger partial charge in [-0.3, -0.25) is 4.79 Å². The molecule has 110 valence electrons. The minimum Gasteiger partial charge on any atom is -0.481 e. The molecule has 2 N–H and O–H groups in total. The Morgan fingerprint density at radius 3 is 2.55 bits per heavy atom. The summed E-state index contributed by atoms with van der Waals surface area (Å²) in [5.74, 6) is 0.426. The van der Waals surface area contributed by atoms with Crippen LogP contribution in [0.3, 0.4) is 0 Å². The Kier molecular flexibility index (Phi) is 4.25. The Morgan fingerprint density at radius 2 is 2.05 bits per heavy atom. The fourth-order valence-electron chi connectivity index (χ4n) is 2.21. The Hall–Kier alpha value is -1.26. The highest BCUT2D eigenvalue weighted by atomic mass is 35.5. The lowest BCUT2D eigenvalue weighted by molar-refractivity contribution is -0.135. The predicted molar refractivity (Wildman–Crippen MR) is 77.9 cm³/mol. The summed E-state index contributed by atoms with van der Waals surface area (Å²) >= 11 is 5.79. The monoisotopic (exact) mass is 297 g/mol. The molecule has 1 aliphatic carbocycles. The molecular weight excluding hydrogens is 278 g/mol. The van der Waals surface area contributed by atoms with Crippen LogP contribution in [0.4, 0.5) is 0 Å². The van der Waals surface area contributed by atoms with Crippen LogP contribution in [0.1, 0.15) is 27.2 Å². The zero-order valence-corrected chi connectivity index (χ0v) is 12.6. The molecule has 0 aromatic heterocycles. The maximum absolute atomic E-state index is 12.1. The average Bonchev–Trinajstić information content (AvgIpc) is 2.40. The molecule has 3 atom stereocenters.